The van der Waals surface area contributed by atoms with E-state index in [-0.39, 0.29) is 163 Å². The average Bonchev–Trinajstić information content (AvgIpc) is 3.24. The quantitative estimate of drug-likeness (QED) is 0.00510. The van der Waals surface area contributed by atoms with E-state index < -0.39 is 80.0 Å². The Labute approximate surface area is 507 Å². The molecule has 0 saturated carbocycles. The normalized spacial score (nSPS) is 11.3. The fourth-order valence-corrected chi connectivity index (χ4v) is 8.08. The second-order valence-corrected chi connectivity index (χ2v) is 35.3. The number of rotatable bonds is 18. The molecule has 0 aliphatic rings. The number of halogens is 3. The number of nitrogens with two attached hydrogens (primary N) is 1. The molecule has 1 atom stereocenters. The Morgan fingerprint density at radius 2 is 1.46 bits per heavy atom. The summed E-state index contributed by atoms with van der Waals surface area (Å²) < 4.78 is 104. The smallest absolute Gasteiger partial charge is 1.00 e. The third-order valence-electron chi connectivity index (χ3n) is 8.28. The number of phenolic OH excluding ortho intramolecular Hbond substituents is 1. The van der Waals surface area contributed by atoms with Gasteiger partial charge in [0.2, 0.25) is 22.2 Å². The van der Waals surface area contributed by atoms with Gasteiger partial charge >= 0.3 is 153 Å². The molecule has 1 unspecified atom stereocenters. The summed E-state index contributed by atoms with van der Waals surface area (Å²) in [6.07, 6.45) is 2.81. The zero-order chi connectivity index (χ0) is 50.0. The van der Waals surface area contributed by atoms with E-state index in [1.54, 1.807) is 0 Å². The Bertz CT molecular complexity index is 3250. The monoisotopic (exact) mass is 1360 g/mol. The molecule has 25 nitrogen and oxygen atoms in total. The van der Waals surface area contributed by atoms with Gasteiger partial charge in [0.25, 0.3) is 0 Å². The molecule has 366 valence electrons. The first kappa shape index (κ1) is 68.5. The van der Waals surface area contributed by atoms with E-state index >= 15 is 0 Å². The molecule has 6 rings (SSSR count). The van der Waals surface area contributed by atoms with Gasteiger partial charge in [-0.2, -0.15) is 4.33 Å². The molecule has 0 aliphatic heterocycles. The maximum absolute atomic E-state index is 12.7. The molecule has 6 N–H and O–H groups in total. The summed E-state index contributed by atoms with van der Waals surface area (Å²) >= 11 is 1.68. The minimum atomic E-state index is -5.22. The average molecular weight is 1360 g/mol. The van der Waals surface area contributed by atoms with Gasteiger partial charge in [0.1, 0.15) is 21.5 Å². The van der Waals surface area contributed by atoms with Crippen LogP contribution in [-0.4, -0.2) is 84.3 Å². The van der Waals surface area contributed by atoms with Crippen LogP contribution in [0, 0.1) is 0 Å². The standard InChI is InChI=1S/C35H30N10O15S4.BH2I2P.ClH.3Na/c1-19(46)37-23-4-8-26-21(16-23)17-28(61-60-59-49)30(31(26)47)44-43-27-18-24(5-9-29(27)63(52,53)54)39-34-40-33(41-35(42-34)45-12-10-20(11-13-45)32(36)48)38-22-2-6-25(7-3-22)62(50,51)15-14-58-64(55,56)57;1-3(2)4;;;;/h2-13,16-18H,14-15H2,1H3,(H8-,36,37,38,39,40,41,42,46,47,48,49,52,53,54,55,56,57);4H2;1H;;;/q;;;3*+1/p-3. The molecular weight excluding hydrogens is 1330 g/mol. The molecule has 72 heavy (non-hydrogen) atoms. The number of hydrogen-bond acceptors (Lipinski definition) is 23. The Hall–Kier alpha value is -1.56. The number of sulfone groups is 1. The first-order chi connectivity index (χ1) is 31.9. The number of fused-ring (bicyclic) bond motifs is 1. The number of carbonyl (C=O) groups excluding carboxylic acids is 2. The third-order valence-corrected chi connectivity index (χ3v) is 11.9. The first-order valence-corrected chi connectivity index (χ1v) is 34.9. The fourth-order valence-electron chi connectivity index (χ4n) is 5.52. The maximum atomic E-state index is 12.7. The van der Waals surface area contributed by atoms with Gasteiger partial charge in [-0.05, 0) is 94.2 Å². The predicted octanol–water partition coefficient (Wildman–Crippen LogP) is -7.92. The van der Waals surface area contributed by atoms with Crippen LogP contribution >= 0.6 is 52.6 Å². The molecule has 6 aromatic rings. The van der Waals surface area contributed by atoms with Crippen LogP contribution in [0.15, 0.2) is 116 Å². The van der Waals surface area contributed by atoms with Crippen molar-refractivity contribution in [2.24, 2.45) is 16.0 Å². The number of aromatic hydroxyl groups is 1. The van der Waals surface area contributed by atoms with Crippen molar-refractivity contribution >= 4 is 152 Å². The van der Waals surface area contributed by atoms with Gasteiger partial charge in [-0.1, -0.05) is 0 Å². The maximum Gasteiger partial charge on any atom is 1.00 e. The second kappa shape index (κ2) is 31.0. The summed E-state index contributed by atoms with van der Waals surface area (Å²) in [5.41, 5.74) is 10.5. The number of hydrogen-bond donors (Lipinski definition) is 5. The number of aromatic nitrogens is 4. The summed E-state index contributed by atoms with van der Waals surface area (Å²) in [4.78, 5) is 35.2. The van der Waals surface area contributed by atoms with Crippen molar-refractivity contribution in [3.63, 3.8) is 0 Å². The molecule has 0 bridgehead atoms. The number of azo groups is 1. The van der Waals surface area contributed by atoms with E-state index in [2.05, 4.69) is 80.2 Å². The summed E-state index contributed by atoms with van der Waals surface area (Å²) in [6, 6.07) is 16.7. The number of anilines is 5. The molecule has 2 aromatic heterocycles. The van der Waals surface area contributed by atoms with Crippen LogP contribution in [0.4, 0.5) is 40.3 Å². The molecule has 0 aliphatic carbocycles. The van der Waals surface area contributed by atoms with E-state index in [1.807, 2.05) is 0 Å². The molecule has 4 aromatic carbocycles. The second-order valence-electron chi connectivity index (χ2n) is 13.0. The number of benzene rings is 4. The van der Waals surface area contributed by atoms with Crippen molar-refractivity contribution in [3.05, 3.63) is 96.8 Å². The summed E-state index contributed by atoms with van der Waals surface area (Å²) in [6.45, 7) is 2.97. The Morgan fingerprint density at radius 3 is 2.00 bits per heavy atom. The van der Waals surface area contributed by atoms with E-state index in [0.29, 0.717) is 23.1 Å². The van der Waals surface area contributed by atoms with Gasteiger partial charge in [-0.25, -0.2) is 29.8 Å². The molecule has 2 amide bonds. The molecule has 37 heteroatoms. The third kappa shape index (κ3) is 21.1. The summed E-state index contributed by atoms with van der Waals surface area (Å²) in [5.74, 6) is -2.88. The fraction of sp³-hybridized carbons (Fsp3) is 0.0857. The van der Waals surface area contributed by atoms with Gasteiger partial charge in [0.05, 0.1) is 51.5 Å². The van der Waals surface area contributed by atoms with Crippen molar-refractivity contribution in [2.45, 2.75) is 21.6 Å². The molecule has 0 spiro atoms. The number of phenols is 1. The van der Waals surface area contributed by atoms with Crippen LogP contribution < -0.4 is 133 Å². The van der Waals surface area contributed by atoms with Gasteiger partial charge in [0, 0.05) is 34.9 Å². The van der Waals surface area contributed by atoms with Crippen molar-refractivity contribution in [1.29, 1.82) is 0 Å². The minimum absolute atomic E-state index is 0. The Kier molecular flexibility index (Phi) is 29.5. The van der Waals surface area contributed by atoms with Crippen LogP contribution in [0.25, 0.3) is 16.7 Å². The largest absolute Gasteiger partial charge is 1.00 e. The predicted molar refractivity (Wildman–Crippen MR) is 261 cm³/mol. The summed E-state index contributed by atoms with van der Waals surface area (Å²) in [7, 11) is -14.4. The first-order valence-electron chi connectivity index (χ1n) is 18.0. The van der Waals surface area contributed by atoms with Crippen LogP contribution in [-0.2, 0) is 48.7 Å². The van der Waals surface area contributed by atoms with Crippen LogP contribution in [0.1, 0.15) is 17.3 Å². The Balaban J connectivity index is 0.00000312. The number of primary amides is 1. The number of pyridine rings is 1. The number of carbonyl (C=O) groups is 2. The van der Waals surface area contributed by atoms with Gasteiger partial charge in [-0.15, -0.1) is 15.2 Å². The van der Waals surface area contributed by atoms with E-state index in [9.17, 15) is 54.3 Å². The van der Waals surface area contributed by atoms with Crippen molar-refractivity contribution < 1.29 is 174 Å². The molecule has 2 radical (unpaired) electrons. The number of nitrogens with one attached hydrogen (secondary N) is 3. The zero-order valence-corrected chi connectivity index (χ0v) is 52.9. The van der Waals surface area contributed by atoms with Crippen LogP contribution in [0.2, 0.25) is 0 Å². The minimum Gasteiger partial charge on any atom is -1.00 e. The van der Waals surface area contributed by atoms with Crippen molar-refractivity contribution in [1.82, 2.24) is 15.0 Å². The zero-order valence-electron chi connectivity index (χ0n) is 37.4. The van der Waals surface area contributed by atoms with E-state index in [0.717, 1.165) is 12.1 Å². The van der Waals surface area contributed by atoms with E-state index in [4.69, 9.17) is 11.4 Å². The van der Waals surface area contributed by atoms with Crippen molar-refractivity contribution in [3.8, 4) is 11.7 Å². The molecule has 0 saturated heterocycles. The van der Waals surface area contributed by atoms with E-state index in [1.165, 1.54) is 90.6 Å². The molecule has 2 heterocycles. The SMILES string of the molecule is CC(=O)Nc1ccc2c(O)c(N=Nc3cc(Nc4nc(Nc5ccc(S(=O)(=O)CCOS(=O)(=O)[O-])cc5)nc(-[n+]5ccc(C(N)=O)cc5)n4)ccc3S(=O)(=O)[O-])c(SOO[O-])cc2c1.[B]I(P)I.[Cl-].[Na+].[Na+].[Na+]. The molecule has 0 fully saturated rings. The van der Waals surface area contributed by atoms with Gasteiger partial charge in [0.15, 0.2) is 15.6 Å². The Morgan fingerprint density at radius 1 is 0.889 bits per heavy atom. The van der Waals surface area contributed by atoms with Crippen molar-refractivity contribution in [2.75, 3.05) is 28.3 Å². The van der Waals surface area contributed by atoms with Gasteiger partial charge in [-0.3, -0.25) is 18.8 Å². The van der Waals surface area contributed by atoms with Gasteiger partial charge < -0.3 is 53.6 Å². The van der Waals surface area contributed by atoms with Crippen LogP contribution in [0.5, 0.6) is 5.75 Å². The molecular formula is C35H30BClI2N10Na3O15PS4. The summed E-state index contributed by atoms with van der Waals surface area (Å²) in [5, 5.41) is 42.2. The number of nitrogens with zero attached hydrogens (tertiary/aromatic N) is 6. The van der Waals surface area contributed by atoms with Crippen LogP contribution in [0.3, 0.4) is 0 Å². The topological polar surface area (TPSA) is 383 Å². The number of amides is 2.